The number of para-hydroxylation sites is 1. The molecule has 138 valence electrons. The van der Waals surface area contributed by atoms with Crippen molar-refractivity contribution in [2.24, 2.45) is 0 Å². The molecule has 0 aromatic heterocycles. The Kier molecular flexibility index (Phi) is 6.78. The highest BCUT2D eigenvalue weighted by Crippen LogP contribution is 2.23. The van der Waals surface area contributed by atoms with Crippen LogP contribution in [0.1, 0.15) is 30.9 Å². The maximum Gasteiger partial charge on any atom is 0.315 e. The summed E-state index contributed by atoms with van der Waals surface area (Å²) in [5.74, 6) is -0.330. The van der Waals surface area contributed by atoms with Gasteiger partial charge in [-0.25, -0.2) is 0 Å². The van der Waals surface area contributed by atoms with Gasteiger partial charge in [-0.15, -0.1) is 0 Å². The highest BCUT2D eigenvalue weighted by molar-refractivity contribution is 5.83. The van der Waals surface area contributed by atoms with Crippen LogP contribution in [-0.4, -0.2) is 30.1 Å². The number of carbonyl (C=O) groups is 2. The Labute approximate surface area is 154 Å². The van der Waals surface area contributed by atoms with Crippen molar-refractivity contribution in [3.05, 3.63) is 65.7 Å². The quantitative estimate of drug-likeness (QED) is 0.677. The maximum atomic E-state index is 12.1. The first-order valence-electron chi connectivity index (χ1n) is 8.67. The van der Waals surface area contributed by atoms with Gasteiger partial charge in [-0.3, -0.25) is 9.59 Å². The molecule has 0 bridgehead atoms. The zero-order valence-corrected chi connectivity index (χ0v) is 15.2. The van der Waals surface area contributed by atoms with Gasteiger partial charge in [0.05, 0.1) is 6.61 Å². The number of carboxylic acid groups (broad SMARTS) is 1. The summed E-state index contributed by atoms with van der Waals surface area (Å²) in [6.45, 7) is 4.07. The number of carbonyl (C=O) groups excluding carboxylic acids is 1. The molecular weight excluding hydrogens is 330 g/mol. The van der Waals surface area contributed by atoms with Gasteiger partial charge in [-0.1, -0.05) is 48.5 Å². The minimum Gasteiger partial charge on any atom is -0.493 e. The molecule has 2 aromatic rings. The summed E-state index contributed by atoms with van der Waals surface area (Å²) in [6.07, 6.45) is 0.853. The van der Waals surface area contributed by atoms with E-state index in [-0.39, 0.29) is 18.9 Å². The number of aryl methyl sites for hydroxylation is 1. The van der Waals surface area contributed by atoms with Crippen molar-refractivity contribution in [2.45, 2.75) is 32.1 Å². The van der Waals surface area contributed by atoms with Crippen LogP contribution >= 0.6 is 0 Å². The van der Waals surface area contributed by atoms with E-state index in [1.165, 1.54) is 0 Å². The van der Waals surface area contributed by atoms with Crippen LogP contribution in [0, 0.1) is 6.92 Å². The molecule has 0 aliphatic rings. The summed E-state index contributed by atoms with van der Waals surface area (Å²) in [5, 5.41) is 12.3. The molecule has 0 fully saturated rings. The molecule has 0 aliphatic heterocycles. The van der Waals surface area contributed by atoms with Gasteiger partial charge in [0.2, 0.25) is 5.91 Å². The Morgan fingerprint density at radius 1 is 1.08 bits per heavy atom. The molecule has 0 spiro atoms. The fourth-order valence-electron chi connectivity index (χ4n) is 2.60. The second-order valence-electron chi connectivity index (χ2n) is 6.50. The molecule has 0 radical (unpaired) electrons. The third-order valence-corrected chi connectivity index (χ3v) is 4.42. The Balaban J connectivity index is 1.80. The van der Waals surface area contributed by atoms with E-state index >= 15 is 0 Å². The summed E-state index contributed by atoms with van der Waals surface area (Å²) < 4.78 is 5.67. The molecule has 1 atom stereocenters. The van der Waals surface area contributed by atoms with Crippen LogP contribution < -0.4 is 10.1 Å². The number of rotatable bonds is 9. The monoisotopic (exact) mass is 355 g/mol. The molecule has 0 aliphatic carbocycles. The molecule has 1 amide bonds. The molecule has 5 nitrogen and oxygen atoms in total. The minimum atomic E-state index is -1.16. The highest BCUT2D eigenvalue weighted by Gasteiger charge is 2.35. The average Bonchev–Trinajstić information content (AvgIpc) is 2.65. The lowest BCUT2D eigenvalue weighted by Gasteiger charge is -2.25. The molecule has 0 saturated carbocycles. The number of hydrogen-bond acceptors (Lipinski definition) is 3. The van der Waals surface area contributed by atoms with E-state index in [1.807, 2.05) is 37.3 Å². The van der Waals surface area contributed by atoms with Crippen LogP contribution in [0.5, 0.6) is 5.75 Å². The van der Waals surface area contributed by atoms with Crippen molar-refractivity contribution in [1.29, 1.82) is 0 Å². The Morgan fingerprint density at radius 3 is 2.38 bits per heavy atom. The number of benzene rings is 2. The lowest BCUT2D eigenvalue weighted by molar-refractivity contribution is -0.143. The van der Waals surface area contributed by atoms with Crippen molar-refractivity contribution >= 4 is 11.9 Å². The summed E-state index contributed by atoms with van der Waals surface area (Å²) in [7, 11) is 0. The van der Waals surface area contributed by atoms with Crippen molar-refractivity contribution in [3.63, 3.8) is 0 Å². The SMILES string of the molecule is Cc1ccccc1OCCCC(=O)NCC(C)(C(=O)O)c1ccccc1. The average molecular weight is 355 g/mol. The molecule has 2 rings (SSSR count). The number of carboxylic acids is 1. The topological polar surface area (TPSA) is 75.6 Å². The van der Waals surface area contributed by atoms with Crippen molar-refractivity contribution in [2.75, 3.05) is 13.2 Å². The molecule has 0 heterocycles. The first-order chi connectivity index (χ1) is 12.4. The zero-order valence-electron chi connectivity index (χ0n) is 15.2. The van der Waals surface area contributed by atoms with Crippen LogP contribution in [0.3, 0.4) is 0 Å². The van der Waals surface area contributed by atoms with E-state index in [2.05, 4.69) is 5.32 Å². The number of nitrogens with one attached hydrogen (secondary N) is 1. The van der Waals surface area contributed by atoms with Crippen LogP contribution in [0.25, 0.3) is 0 Å². The molecule has 26 heavy (non-hydrogen) atoms. The van der Waals surface area contributed by atoms with E-state index in [9.17, 15) is 14.7 Å². The van der Waals surface area contributed by atoms with Crippen LogP contribution in [-0.2, 0) is 15.0 Å². The van der Waals surface area contributed by atoms with Gasteiger partial charge in [0.1, 0.15) is 11.2 Å². The molecular formula is C21H25NO4. The van der Waals surface area contributed by atoms with Gasteiger partial charge in [-0.05, 0) is 37.5 Å². The summed E-state index contributed by atoms with van der Waals surface area (Å²) >= 11 is 0. The van der Waals surface area contributed by atoms with Crippen LogP contribution in [0.15, 0.2) is 54.6 Å². The number of aliphatic carboxylic acids is 1. The van der Waals surface area contributed by atoms with Gasteiger partial charge < -0.3 is 15.2 Å². The van der Waals surface area contributed by atoms with Gasteiger partial charge in [0, 0.05) is 13.0 Å². The lowest BCUT2D eigenvalue weighted by Crippen LogP contribution is -2.44. The van der Waals surface area contributed by atoms with Crippen molar-refractivity contribution in [3.8, 4) is 5.75 Å². The Morgan fingerprint density at radius 2 is 1.73 bits per heavy atom. The second kappa shape index (κ2) is 9.04. The third-order valence-electron chi connectivity index (χ3n) is 4.42. The summed E-state index contributed by atoms with van der Waals surface area (Å²) in [6, 6.07) is 16.7. The summed E-state index contributed by atoms with van der Waals surface area (Å²) in [5.41, 5.74) is 0.557. The number of hydrogen-bond donors (Lipinski definition) is 2. The second-order valence-corrected chi connectivity index (χ2v) is 6.50. The first kappa shape index (κ1) is 19.5. The smallest absolute Gasteiger partial charge is 0.315 e. The molecule has 5 heteroatoms. The Bertz CT molecular complexity index is 745. The molecule has 2 N–H and O–H groups in total. The Hall–Kier alpha value is -2.82. The van der Waals surface area contributed by atoms with E-state index in [0.29, 0.717) is 18.6 Å². The fourth-order valence-corrected chi connectivity index (χ4v) is 2.60. The third kappa shape index (κ3) is 5.09. The van der Waals surface area contributed by atoms with E-state index in [0.717, 1.165) is 11.3 Å². The predicted octanol–water partition coefficient (Wildman–Crippen LogP) is 3.31. The largest absolute Gasteiger partial charge is 0.493 e. The zero-order chi connectivity index (χ0) is 19.0. The van der Waals surface area contributed by atoms with Gasteiger partial charge in [-0.2, -0.15) is 0 Å². The standard InChI is InChI=1S/C21H25NO4/c1-16-9-6-7-12-18(16)26-14-8-13-19(23)22-15-21(2,20(24)25)17-10-4-3-5-11-17/h3-7,9-12H,8,13-15H2,1-2H3,(H,22,23)(H,24,25). The number of ether oxygens (including phenoxy) is 1. The summed E-state index contributed by atoms with van der Waals surface area (Å²) in [4.78, 5) is 23.8. The van der Waals surface area contributed by atoms with Gasteiger partial charge in [0.25, 0.3) is 0 Å². The molecule has 1 unspecified atom stereocenters. The van der Waals surface area contributed by atoms with Gasteiger partial charge >= 0.3 is 5.97 Å². The first-order valence-corrected chi connectivity index (χ1v) is 8.67. The predicted molar refractivity (Wildman–Crippen MR) is 100 cm³/mol. The van der Waals surface area contributed by atoms with Crippen molar-refractivity contribution in [1.82, 2.24) is 5.32 Å². The fraction of sp³-hybridized carbons (Fsp3) is 0.333. The van der Waals surface area contributed by atoms with E-state index < -0.39 is 11.4 Å². The molecule has 0 saturated heterocycles. The van der Waals surface area contributed by atoms with Gasteiger partial charge in [0.15, 0.2) is 0 Å². The highest BCUT2D eigenvalue weighted by atomic mass is 16.5. The molecule has 2 aromatic carbocycles. The van der Waals surface area contributed by atoms with Crippen molar-refractivity contribution < 1.29 is 19.4 Å². The normalized spacial score (nSPS) is 12.8. The minimum absolute atomic E-state index is 0.0455. The number of amides is 1. The van der Waals surface area contributed by atoms with Crippen LogP contribution in [0.4, 0.5) is 0 Å². The van der Waals surface area contributed by atoms with E-state index in [1.54, 1.807) is 31.2 Å². The van der Waals surface area contributed by atoms with Crippen LogP contribution in [0.2, 0.25) is 0 Å². The maximum absolute atomic E-state index is 12.1. The van der Waals surface area contributed by atoms with E-state index in [4.69, 9.17) is 4.74 Å². The lowest BCUT2D eigenvalue weighted by atomic mass is 9.82.